The highest BCUT2D eigenvalue weighted by Crippen LogP contribution is 2.38. The average Bonchev–Trinajstić information content (AvgIpc) is 2.91. The van der Waals surface area contributed by atoms with E-state index >= 15 is 0 Å². The van der Waals surface area contributed by atoms with Crippen LogP contribution in [-0.4, -0.2) is 43.2 Å². The normalized spacial score (nSPS) is 14.2. The zero-order valence-corrected chi connectivity index (χ0v) is 23.4. The van der Waals surface area contributed by atoms with Crippen LogP contribution in [0.1, 0.15) is 12.5 Å². The van der Waals surface area contributed by atoms with Gasteiger partial charge in [0.1, 0.15) is 11.3 Å². The van der Waals surface area contributed by atoms with Gasteiger partial charge in [-0.25, -0.2) is 0 Å². The first-order valence-electron chi connectivity index (χ1n) is 11.8. The highest BCUT2D eigenvalue weighted by molar-refractivity contribution is 9.10. The summed E-state index contributed by atoms with van der Waals surface area (Å²) in [6.07, 6.45) is 1.45. The number of anilines is 2. The van der Waals surface area contributed by atoms with Gasteiger partial charge in [0.15, 0.2) is 23.2 Å². The van der Waals surface area contributed by atoms with Crippen LogP contribution in [0.5, 0.6) is 17.2 Å². The smallest absolute Gasteiger partial charge is 0.270 e. The predicted octanol–water partition coefficient (Wildman–Crippen LogP) is 4.71. The molecule has 39 heavy (non-hydrogen) atoms. The van der Waals surface area contributed by atoms with Crippen LogP contribution >= 0.6 is 28.1 Å². The summed E-state index contributed by atoms with van der Waals surface area (Å²) in [5, 5.41) is 5.31. The highest BCUT2D eigenvalue weighted by Gasteiger charge is 2.34. The standard InChI is InChI=1S/C28H24BrN3O6S/c1-3-37-23-15-17(13-19-26(34)31-28(39)32(27(19)35)18-9-5-4-6-10-18)14-20(29)25(23)38-16-24(33)30-21-11-7-8-12-22(21)36-2/h4-15H,3,16H2,1-2H3,(H,30,33)(H,31,34,39)/b19-13-. The molecule has 200 valence electrons. The summed E-state index contributed by atoms with van der Waals surface area (Å²) in [5.41, 5.74) is 1.44. The van der Waals surface area contributed by atoms with E-state index in [1.807, 2.05) is 6.07 Å². The first-order chi connectivity index (χ1) is 18.8. The molecule has 0 aromatic heterocycles. The molecule has 1 aliphatic rings. The molecule has 0 bridgehead atoms. The largest absolute Gasteiger partial charge is 0.495 e. The zero-order chi connectivity index (χ0) is 27.9. The molecule has 0 saturated carbocycles. The molecule has 0 spiro atoms. The Morgan fingerprint density at radius 2 is 1.77 bits per heavy atom. The number of carbonyl (C=O) groups is 3. The molecule has 2 N–H and O–H groups in total. The van der Waals surface area contributed by atoms with Gasteiger partial charge in [0.2, 0.25) is 0 Å². The van der Waals surface area contributed by atoms with Crippen molar-refractivity contribution in [3.8, 4) is 17.2 Å². The Bertz CT molecular complexity index is 1460. The van der Waals surface area contributed by atoms with Crippen molar-refractivity contribution in [1.82, 2.24) is 5.32 Å². The third kappa shape index (κ3) is 6.44. The number of nitrogens with one attached hydrogen (secondary N) is 2. The van der Waals surface area contributed by atoms with Gasteiger partial charge in [0.05, 0.1) is 29.6 Å². The fourth-order valence-electron chi connectivity index (χ4n) is 3.78. The number of thiocarbonyl (C=S) groups is 1. The quantitative estimate of drug-likeness (QED) is 0.206. The number of benzene rings is 3. The second kappa shape index (κ2) is 12.5. The molecule has 3 aromatic carbocycles. The number of methoxy groups -OCH3 is 1. The molecule has 9 nitrogen and oxygen atoms in total. The van der Waals surface area contributed by atoms with E-state index in [0.717, 1.165) is 0 Å². The number of hydrogen-bond donors (Lipinski definition) is 2. The van der Waals surface area contributed by atoms with Crippen molar-refractivity contribution in [2.75, 3.05) is 30.5 Å². The molecule has 3 aromatic rings. The van der Waals surface area contributed by atoms with Gasteiger partial charge in [-0.1, -0.05) is 30.3 Å². The Labute approximate surface area is 238 Å². The van der Waals surface area contributed by atoms with Crippen molar-refractivity contribution in [3.63, 3.8) is 0 Å². The van der Waals surface area contributed by atoms with E-state index in [1.54, 1.807) is 67.6 Å². The molecule has 3 amide bonds. The fourth-order valence-corrected chi connectivity index (χ4v) is 4.64. The van der Waals surface area contributed by atoms with Gasteiger partial charge >= 0.3 is 0 Å². The monoisotopic (exact) mass is 609 g/mol. The number of carbonyl (C=O) groups excluding carboxylic acids is 3. The molecule has 1 saturated heterocycles. The first-order valence-corrected chi connectivity index (χ1v) is 13.0. The van der Waals surface area contributed by atoms with Gasteiger partial charge in [0.25, 0.3) is 17.7 Å². The maximum atomic E-state index is 13.3. The molecule has 11 heteroatoms. The van der Waals surface area contributed by atoms with Gasteiger partial charge in [-0.05, 0) is 83.1 Å². The summed E-state index contributed by atoms with van der Waals surface area (Å²) in [6, 6.07) is 19.1. The number of ether oxygens (including phenoxy) is 3. The number of amides is 3. The minimum atomic E-state index is -0.611. The lowest BCUT2D eigenvalue weighted by Crippen LogP contribution is -2.54. The van der Waals surface area contributed by atoms with E-state index in [4.69, 9.17) is 26.4 Å². The Balaban J connectivity index is 1.57. The maximum absolute atomic E-state index is 13.3. The Morgan fingerprint density at radius 1 is 1.05 bits per heavy atom. The second-order valence-electron chi connectivity index (χ2n) is 8.09. The molecular formula is C28H24BrN3O6S. The summed E-state index contributed by atoms with van der Waals surface area (Å²) in [4.78, 5) is 39.8. The van der Waals surface area contributed by atoms with Gasteiger partial charge in [-0.15, -0.1) is 0 Å². The lowest BCUT2D eigenvalue weighted by molar-refractivity contribution is -0.122. The molecular weight excluding hydrogens is 586 g/mol. The molecule has 4 rings (SSSR count). The van der Waals surface area contributed by atoms with Crippen molar-refractivity contribution in [1.29, 1.82) is 0 Å². The molecule has 0 atom stereocenters. The van der Waals surface area contributed by atoms with Crippen LogP contribution in [0.2, 0.25) is 0 Å². The summed E-state index contributed by atoms with van der Waals surface area (Å²) in [6.45, 7) is 1.81. The predicted molar refractivity (Wildman–Crippen MR) is 155 cm³/mol. The Kier molecular flexibility index (Phi) is 8.95. The molecule has 0 unspecified atom stereocenters. The molecule has 1 heterocycles. The zero-order valence-electron chi connectivity index (χ0n) is 21.0. The van der Waals surface area contributed by atoms with Gasteiger partial charge in [-0.2, -0.15) is 0 Å². The van der Waals surface area contributed by atoms with E-state index in [1.165, 1.54) is 18.1 Å². The van der Waals surface area contributed by atoms with Crippen molar-refractivity contribution in [2.45, 2.75) is 6.92 Å². The molecule has 1 aliphatic heterocycles. The summed E-state index contributed by atoms with van der Waals surface area (Å²) in [7, 11) is 1.52. The molecule has 1 fully saturated rings. The fraction of sp³-hybridized carbons (Fsp3) is 0.143. The van der Waals surface area contributed by atoms with Crippen molar-refractivity contribution >= 4 is 68.4 Å². The van der Waals surface area contributed by atoms with Crippen molar-refractivity contribution < 1.29 is 28.6 Å². The van der Waals surface area contributed by atoms with Crippen LogP contribution in [-0.2, 0) is 14.4 Å². The number of para-hydroxylation sites is 3. The summed E-state index contributed by atoms with van der Waals surface area (Å²) in [5.74, 6) is -0.436. The third-order valence-electron chi connectivity index (χ3n) is 5.49. The van der Waals surface area contributed by atoms with Crippen LogP contribution in [0.3, 0.4) is 0 Å². The van der Waals surface area contributed by atoms with Crippen LogP contribution in [0.4, 0.5) is 11.4 Å². The van der Waals surface area contributed by atoms with Gasteiger partial charge < -0.3 is 19.5 Å². The summed E-state index contributed by atoms with van der Waals surface area (Å²) >= 11 is 8.70. The lowest BCUT2D eigenvalue weighted by atomic mass is 10.1. The highest BCUT2D eigenvalue weighted by atomic mass is 79.9. The minimum Gasteiger partial charge on any atom is -0.495 e. The number of hydrogen-bond acceptors (Lipinski definition) is 7. The van der Waals surface area contributed by atoms with E-state index in [9.17, 15) is 14.4 Å². The van der Waals surface area contributed by atoms with Gasteiger partial charge in [0, 0.05) is 0 Å². The number of rotatable bonds is 9. The number of halogens is 1. The van der Waals surface area contributed by atoms with Gasteiger partial charge in [-0.3, -0.25) is 24.6 Å². The van der Waals surface area contributed by atoms with Crippen molar-refractivity contribution in [3.05, 3.63) is 82.3 Å². The van der Waals surface area contributed by atoms with E-state index in [0.29, 0.717) is 45.3 Å². The summed E-state index contributed by atoms with van der Waals surface area (Å²) < 4.78 is 17.2. The average molecular weight is 610 g/mol. The third-order valence-corrected chi connectivity index (χ3v) is 6.36. The van der Waals surface area contributed by atoms with Crippen molar-refractivity contribution in [2.24, 2.45) is 0 Å². The first kappa shape index (κ1) is 27.8. The maximum Gasteiger partial charge on any atom is 0.270 e. The minimum absolute atomic E-state index is 0.000293. The molecule has 0 aliphatic carbocycles. The SMILES string of the molecule is CCOc1cc(/C=C2/C(=O)NC(=S)N(c3ccccc3)C2=O)cc(Br)c1OCC(=O)Nc1ccccc1OC. The second-order valence-corrected chi connectivity index (χ2v) is 9.33. The molecule has 0 radical (unpaired) electrons. The van der Waals surface area contributed by atoms with E-state index in [2.05, 4.69) is 26.6 Å². The number of nitrogens with zero attached hydrogens (tertiary/aromatic N) is 1. The van der Waals surface area contributed by atoms with E-state index in [-0.39, 0.29) is 17.3 Å². The lowest BCUT2D eigenvalue weighted by Gasteiger charge is -2.28. The van der Waals surface area contributed by atoms with E-state index < -0.39 is 17.7 Å². The van der Waals surface area contributed by atoms with Crippen LogP contribution in [0.15, 0.2) is 76.8 Å². The topological polar surface area (TPSA) is 106 Å². The Morgan fingerprint density at radius 3 is 2.49 bits per heavy atom. The van der Waals surface area contributed by atoms with Crippen LogP contribution in [0, 0.1) is 0 Å². The Hall–Kier alpha value is -4.22. The van der Waals surface area contributed by atoms with Crippen LogP contribution < -0.4 is 29.7 Å². The van der Waals surface area contributed by atoms with Crippen LogP contribution in [0.25, 0.3) is 6.08 Å².